The Kier molecular flexibility index (Phi) is 3.26. The fraction of sp³-hybridized carbons (Fsp3) is 0.222. The molecule has 0 bridgehead atoms. The van der Waals surface area contributed by atoms with E-state index in [0.717, 1.165) is 22.0 Å². The molecule has 0 saturated carbocycles. The normalized spacial score (nSPS) is 23.0. The van der Waals surface area contributed by atoms with E-state index in [1.165, 1.54) is 0 Å². The van der Waals surface area contributed by atoms with Crippen LogP contribution in [0.2, 0.25) is 0 Å². The maximum atomic E-state index is 12.7. The van der Waals surface area contributed by atoms with E-state index in [9.17, 15) is 4.79 Å². The van der Waals surface area contributed by atoms with Gasteiger partial charge in [0.05, 0.1) is 23.4 Å². The Balaban J connectivity index is 1.73. The van der Waals surface area contributed by atoms with Crippen molar-refractivity contribution >= 4 is 29.2 Å². The van der Waals surface area contributed by atoms with E-state index in [1.54, 1.807) is 11.8 Å². The van der Waals surface area contributed by atoms with Crippen LogP contribution in [-0.2, 0) is 11.3 Å². The molecular weight excluding hydrogens is 292 g/mol. The number of aliphatic imine (C=N–C) groups is 1. The van der Waals surface area contributed by atoms with Crippen molar-refractivity contribution < 1.29 is 4.79 Å². The fourth-order valence-electron chi connectivity index (χ4n) is 2.98. The number of likely N-dealkylation sites (tertiary alicyclic amines) is 1. The number of amides is 1. The fourth-order valence-corrected chi connectivity index (χ4v) is 4.25. The first-order valence-electron chi connectivity index (χ1n) is 7.43. The minimum atomic E-state index is -0.0270. The van der Waals surface area contributed by atoms with Crippen LogP contribution in [0.5, 0.6) is 0 Å². The van der Waals surface area contributed by atoms with Crippen LogP contribution in [0.4, 0.5) is 5.69 Å². The molecule has 2 aliphatic heterocycles. The van der Waals surface area contributed by atoms with E-state index in [1.807, 2.05) is 48.2 Å². The average molecular weight is 308 g/mol. The Labute approximate surface area is 134 Å². The zero-order chi connectivity index (χ0) is 15.1. The maximum absolute atomic E-state index is 12.7. The lowest BCUT2D eigenvalue weighted by atomic mass is 10.1. The van der Waals surface area contributed by atoms with Crippen molar-refractivity contribution in [1.29, 1.82) is 0 Å². The second kappa shape index (κ2) is 5.29. The summed E-state index contributed by atoms with van der Waals surface area (Å²) in [4.78, 5) is 20.5. The van der Waals surface area contributed by atoms with Gasteiger partial charge in [0.15, 0.2) is 0 Å². The third-order valence-electron chi connectivity index (χ3n) is 4.18. The van der Waals surface area contributed by atoms with Crippen molar-refractivity contribution in [2.75, 3.05) is 0 Å². The zero-order valence-electron chi connectivity index (χ0n) is 12.3. The molecule has 22 heavy (non-hydrogen) atoms. The van der Waals surface area contributed by atoms with E-state index >= 15 is 0 Å². The topological polar surface area (TPSA) is 32.7 Å². The summed E-state index contributed by atoms with van der Waals surface area (Å²) in [5, 5.41) is 0.131. The summed E-state index contributed by atoms with van der Waals surface area (Å²) in [5.74, 6) is 1.05. The molecule has 1 fully saturated rings. The molecule has 1 amide bonds. The van der Waals surface area contributed by atoms with Crippen LogP contribution in [-0.4, -0.2) is 21.9 Å². The van der Waals surface area contributed by atoms with Gasteiger partial charge in [-0.25, -0.2) is 4.99 Å². The van der Waals surface area contributed by atoms with E-state index < -0.39 is 0 Å². The molecule has 2 aromatic carbocycles. The second-order valence-electron chi connectivity index (χ2n) is 5.67. The molecule has 2 atom stereocenters. The van der Waals surface area contributed by atoms with Crippen molar-refractivity contribution in [3.8, 4) is 0 Å². The smallest absolute Gasteiger partial charge is 0.232 e. The van der Waals surface area contributed by atoms with Crippen molar-refractivity contribution in [1.82, 2.24) is 4.90 Å². The summed E-state index contributed by atoms with van der Waals surface area (Å²) in [6.07, 6.45) is 0. The summed E-state index contributed by atoms with van der Waals surface area (Å²) in [5.41, 5.74) is 2.11. The Hall–Kier alpha value is -2.07. The molecule has 4 rings (SSSR count). The molecule has 0 aliphatic carbocycles. The number of thioether (sulfide) groups is 1. The molecule has 0 unspecified atom stereocenters. The summed E-state index contributed by atoms with van der Waals surface area (Å²) in [6, 6.07) is 18.2. The highest BCUT2D eigenvalue weighted by Gasteiger charge is 2.45. The van der Waals surface area contributed by atoms with Crippen LogP contribution >= 0.6 is 11.8 Å². The number of rotatable bonds is 2. The number of hydrogen-bond donors (Lipinski definition) is 0. The van der Waals surface area contributed by atoms with Crippen LogP contribution in [0.3, 0.4) is 0 Å². The van der Waals surface area contributed by atoms with E-state index in [2.05, 4.69) is 18.2 Å². The lowest BCUT2D eigenvalue weighted by Crippen LogP contribution is -2.31. The number of amidine groups is 1. The maximum Gasteiger partial charge on any atom is 0.232 e. The highest BCUT2D eigenvalue weighted by molar-refractivity contribution is 8.01. The van der Waals surface area contributed by atoms with Gasteiger partial charge in [0, 0.05) is 4.90 Å². The Bertz CT molecular complexity index is 757. The number of hydrogen-bond acceptors (Lipinski definition) is 3. The van der Waals surface area contributed by atoms with Crippen LogP contribution in [0.25, 0.3) is 0 Å². The third-order valence-corrected chi connectivity index (χ3v) is 5.65. The molecule has 1 saturated heterocycles. The molecule has 2 heterocycles. The molecule has 3 nitrogen and oxygen atoms in total. The minimum absolute atomic E-state index is 0.0270. The van der Waals surface area contributed by atoms with Gasteiger partial charge in [-0.2, -0.15) is 0 Å². The second-order valence-corrected chi connectivity index (χ2v) is 6.86. The Morgan fingerprint density at radius 3 is 2.64 bits per heavy atom. The monoisotopic (exact) mass is 308 g/mol. The molecule has 4 heteroatoms. The molecule has 2 aromatic rings. The molecule has 0 radical (unpaired) electrons. The molecule has 2 aliphatic rings. The highest BCUT2D eigenvalue weighted by atomic mass is 32.2. The summed E-state index contributed by atoms with van der Waals surface area (Å²) in [6.45, 7) is 2.61. The number of fused-ring (bicyclic) bond motifs is 2. The number of nitrogens with zero attached hydrogens (tertiary/aromatic N) is 2. The lowest BCUT2D eigenvalue weighted by Gasteiger charge is -2.23. The third kappa shape index (κ3) is 2.15. The van der Waals surface area contributed by atoms with Gasteiger partial charge < -0.3 is 0 Å². The number of carbonyl (C=O) groups excluding carboxylic acids is 1. The molecule has 0 aromatic heterocycles. The quantitative estimate of drug-likeness (QED) is 0.843. The summed E-state index contributed by atoms with van der Waals surface area (Å²) < 4.78 is 0. The first kappa shape index (κ1) is 13.6. The van der Waals surface area contributed by atoms with Crippen molar-refractivity contribution in [2.45, 2.75) is 23.6 Å². The molecular formula is C18H16N2OS. The predicted molar refractivity (Wildman–Crippen MR) is 89.3 cm³/mol. The number of benzene rings is 2. The van der Waals surface area contributed by atoms with Gasteiger partial charge in [0.1, 0.15) is 5.84 Å². The van der Waals surface area contributed by atoms with Gasteiger partial charge in [0.25, 0.3) is 0 Å². The lowest BCUT2D eigenvalue weighted by molar-refractivity contribution is -0.129. The van der Waals surface area contributed by atoms with Gasteiger partial charge in [-0.15, -0.1) is 11.8 Å². The first-order valence-corrected chi connectivity index (χ1v) is 8.31. The van der Waals surface area contributed by atoms with Crippen molar-refractivity contribution in [3.05, 3.63) is 60.2 Å². The SMILES string of the molecule is C[C@H]1C(=O)N(Cc2ccccc2)C2=Nc3ccccc3S[C@@H]21. The van der Waals surface area contributed by atoms with Crippen LogP contribution in [0, 0.1) is 5.92 Å². The Morgan fingerprint density at radius 2 is 1.82 bits per heavy atom. The van der Waals surface area contributed by atoms with Crippen LogP contribution < -0.4 is 0 Å². The van der Waals surface area contributed by atoms with E-state index in [-0.39, 0.29) is 17.1 Å². The highest BCUT2D eigenvalue weighted by Crippen LogP contribution is 2.44. The largest absolute Gasteiger partial charge is 0.295 e. The number of para-hydroxylation sites is 1. The van der Waals surface area contributed by atoms with Crippen LogP contribution in [0.15, 0.2) is 64.5 Å². The van der Waals surface area contributed by atoms with Crippen molar-refractivity contribution in [3.63, 3.8) is 0 Å². The standard InChI is InChI=1S/C18H16N2OS/c1-12-16-17(19-14-9-5-6-10-15(14)22-16)20(18(12)21)11-13-7-3-2-4-8-13/h2-10,12,16H,11H2,1H3/t12-,16-/m1/s1. The van der Waals surface area contributed by atoms with Crippen LogP contribution in [0.1, 0.15) is 12.5 Å². The van der Waals surface area contributed by atoms with E-state index in [4.69, 9.17) is 4.99 Å². The minimum Gasteiger partial charge on any atom is -0.295 e. The molecule has 110 valence electrons. The van der Waals surface area contributed by atoms with Gasteiger partial charge >= 0.3 is 0 Å². The molecule has 0 spiro atoms. The summed E-state index contributed by atoms with van der Waals surface area (Å²) in [7, 11) is 0. The van der Waals surface area contributed by atoms with Gasteiger partial charge in [-0.05, 0) is 17.7 Å². The van der Waals surface area contributed by atoms with E-state index in [0.29, 0.717) is 6.54 Å². The van der Waals surface area contributed by atoms with Gasteiger partial charge in [0.2, 0.25) is 5.91 Å². The Morgan fingerprint density at radius 1 is 1.09 bits per heavy atom. The van der Waals surface area contributed by atoms with Gasteiger partial charge in [-0.1, -0.05) is 49.4 Å². The average Bonchev–Trinajstić information content (AvgIpc) is 2.79. The number of carbonyl (C=O) groups is 1. The predicted octanol–water partition coefficient (Wildman–Crippen LogP) is 3.87. The zero-order valence-corrected chi connectivity index (χ0v) is 13.1. The van der Waals surface area contributed by atoms with Gasteiger partial charge in [-0.3, -0.25) is 9.69 Å². The van der Waals surface area contributed by atoms with Crippen molar-refractivity contribution in [2.24, 2.45) is 10.9 Å². The summed E-state index contributed by atoms with van der Waals surface area (Å²) >= 11 is 1.76. The molecule has 0 N–H and O–H groups in total. The first-order chi connectivity index (χ1) is 10.7.